The molecule has 0 spiro atoms. The van der Waals surface area contributed by atoms with E-state index in [-0.39, 0.29) is 11.9 Å². The van der Waals surface area contributed by atoms with Gasteiger partial charge in [0.05, 0.1) is 0 Å². The fraction of sp³-hybridized carbons (Fsp3) is 0.294. The van der Waals surface area contributed by atoms with Crippen molar-refractivity contribution in [2.45, 2.75) is 19.4 Å². The molecule has 1 unspecified atom stereocenters. The van der Waals surface area contributed by atoms with E-state index in [1.807, 2.05) is 37.3 Å². The van der Waals surface area contributed by atoms with Crippen LogP contribution in [0, 0.1) is 5.82 Å². The Kier molecular flexibility index (Phi) is 6.03. The number of rotatable bonds is 7. The normalized spacial score (nSPS) is 12.1. The molecule has 0 amide bonds. The molecule has 0 aliphatic carbocycles. The molecule has 1 N–H and O–H groups in total. The maximum atomic E-state index is 13.3. The van der Waals surface area contributed by atoms with Crippen LogP contribution in [-0.2, 0) is 6.42 Å². The van der Waals surface area contributed by atoms with Gasteiger partial charge >= 0.3 is 0 Å². The number of halogens is 2. The lowest BCUT2D eigenvalue weighted by atomic mass is 10.1. The van der Waals surface area contributed by atoms with E-state index in [9.17, 15) is 4.39 Å². The molecule has 21 heavy (non-hydrogen) atoms. The monoisotopic (exact) mass is 307 g/mol. The lowest BCUT2D eigenvalue weighted by molar-refractivity contribution is 0.265. The molecule has 4 heteroatoms. The van der Waals surface area contributed by atoms with Gasteiger partial charge in [-0.2, -0.15) is 0 Å². The van der Waals surface area contributed by atoms with Crippen LogP contribution in [-0.4, -0.2) is 19.2 Å². The largest absolute Gasteiger partial charge is 0.492 e. The molecule has 0 saturated heterocycles. The SMILES string of the molecule is CCNC(COc1ccccc1)Cc1cc(F)ccc1Cl. The molecule has 1 atom stereocenters. The van der Waals surface area contributed by atoms with Gasteiger partial charge in [0.25, 0.3) is 0 Å². The molecule has 0 aliphatic heterocycles. The average molecular weight is 308 g/mol. The van der Waals surface area contributed by atoms with Crippen molar-refractivity contribution in [2.75, 3.05) is 13.2 Å². The van der Waals surface area contributed by atoms with Crippen molar-refractivity contribution in [3.05, 3.63) is 64.9 Å². The molecule has 0 fully saturated rings. The average Bonchev–Trinajstić information content (AvgIpc) is 2.50. The van der Waals surface area contributed by atoms with Crippen molar-refractivity contribution >= 4 is 11.6 Å². The summed E-state index contributed by atoms with van der Waals surface area (Å²) in [6.07, 6.45) is 0.622. The van der Waals surface area contributed by atoms with Gasteiger partial charge < -0.3 is 10.1 Å². The lowest BCUT2D eigenvalue weighted by Crippen LogP contribution is -2.36. The molecule has 0 bridgehead atoms. The quantitative estimate of drug-likeness (QED) is 0.832. The van der Waals surface area contributed by atoms with E-state index in [1.54, 1.807) is 6.07 Å². The van der Waals surface area contributed by atoms with E-state index < -0.39 is 0 Å². The van der Waals surface area contributed by atoms with Crippen LogP contribution >= 0.6 is 11.6 Å². The van der Waals surface area contributed by atoms with Crippen molar-refractivity contribution in [3.63, 3.8) is 0 Å². The summed E-state index contributed by atoms with van der Waals surface area (Å²) < 4.78 is 19.1. The highest BCUT2D eigenvalue weighted by molar-refractivity contribution is 6.31. The molecule has 2 aromatic carbocycles. The molecule has 0 saturated carbocycles. The van der Waals surface area contributed by atoms with Crippen LogP contribution < -0.4 is 10.1 Å². The Morgan fingerprint density at radius 1 is 1.19 bits per heavy atom. The number of para-hydroxylation sites is 1. The zero-order chi connectivity index (χ0) is 15.1. The number of benzene rings is 2. The highest BCUT2D eigenvalue weighted by Crippen LogP contribution is 2.19. The minimum atomic E-state index is -0.270. The number of likely N-dealkylation sites (N-methyl/N-ethyl adjacent to an activating group) is 1. The molecule has 0 aliphatic rings. The minimum absolute atomic E-state index is 0.0782. The molecule has 2 rings (SSSR count). The van der Waals surface area contributed by atoms with E-state index in [2.05, 4.69) is 5.32 Å². The van der Waals surface area contributed by atoms with Gasteiger partial charge in [0.1, 0.15) is 18.2 Å². The summed E-state index contributed by atoms with van der Waals surface area (Å²) in [7, 11) is 0. The van der Waals surface area contributed by atoms with Gasteiger partial charge in [0.2, 0.25) is 0 Å². The van der Waals surface area contributed by atoms with Crippen LogP contribution in [0.15, 0.2) is 48.5 Å². The van der Waals surface area contributed by atoms with Gasteiger partial charge in [0.15, 0.2) is 0 Å². The number of hydrogen-bond acceptors (Lipinski definition) is 2. The predicted molar refractivity (Wildman–Crippen MR) is 84.5 cm³/mol. The van der Waals surface area contributed by atoms with E-state index in [1.165, 1.54) is 12.1 Å². The Morgan fingerprint density at radius 3 is 2.67 bits per heavy atom. The van der Waals surface area contributed by atoms with Gasteiger partial charge in [-0.15, -0.1) is 0 Å². The maximum Gasteiger partial charge on any atom is 0.123 e. The lowest BCUT2D eigenvalue weighted by Gasteiger charge is -2.19. The zero-order valence-corrected chi connectivity index (χ0v) is 12.7. The molecule has 0 radical (unpaired) electrons. The summed E-state index contributed by atoms with van der Waals surface area (Å²) in [4.78, 5) is 0. The molecule has 0 aromatic heterocycles. The Bertz CT molecular complexity index is 562. The second-order valence-electron chi connectivity index (χ2n) is 4.82. The number of nitrogens with one attached hydrogen (secondary N) is 1. The van der Waals surface area contributed by atoms with Gasteiger partial charge in [-0.3, -0.25) is 0 Å². The first-order chi connectivity index (χ1) is 10.2. The second kappa shape index (κ2) is 8.01. The molecular formula is C17H19ClFNO. The van der Waals surface area contributed by atoms with Crippen LogP contribution in [0.2, 0.25) is 5.02 Å². The second-order valence-corrected chi connectivity index (χ2v) is 5.23. The van der Waals surface area contributed by atoms with Crippen LogP contribution in [0.1, 0.15) is 12.5 Å². The van der Waals surface area contributed by atoms with Crippen LogP contribution in [0.3, 0.4) is 0 Å². The molecule has 0 heterocycles. The van der Waals surface area contributed by atoms with Crippen molar-refractivity contribution in [2.24, 2.45) is 0 Å². The third-order valence-electron chi connectivity index (χ3n) is 3.16. The fourth-order valence-corrected chi connectivity index (χ4v) is 2.35. The van der Waals surface area contributed by atoms with Gasteiger partial charge in [-0.1, -0.05) is 36.7 Å². The first-order valence-corrected chi connectivity index (χ1v) is 7.42. The number of hydrogen-bond donors (Lipinski definition) is 1. The summed E-state index contributed by atoms with van der Waals surface area (Å²) in [5.74, 6) is 0.555. The summed E-state index contributed by atoms with van der Waals surface area (Å²) >= 11 is 6.12. The third-order valence-corrected chi connectivity index (χ3v) is 3.53. The van der Waals surface area contributed by atoms with Crippen molar-refractivity contribution in [3.8, 4) is 5.75 Å². The number of ether oxygens (including phenoxy) is 1. The molecule has 2 aromatic rings. The van der Waals surface area contributed by atoms with Crippen LogP contribution in [0.4, 0.5) is 4.39 Å². The highest BCUT2D eigenvalue weighted by atomic mass is 35.5. The molecular weight excluding hydrogens is 289 g/mol. The predicted octanol–water partition coefficient (Wildman–Crippen LogP) is 4.08. The van der Waals surface area contributed by atoms with Gasteiger partial charge in [-0.25, -0.2) is 4.39 Å². The first-order valence-electron chi connectivity index (χ1n) is 7.04. The maximum absolute atomic E-state index is 13.3. The Morgan fingerprint density at radius 2 is 1.95 bits per heavy atom. The zero-order valence-electron chi connectivity index (χ0n) is 12.0. The third kappa shape index (κ3) is 5.03. The Balaban J connectivity index is 2.00. The Labute approximate surface area is 129 Å². The summed E-state index contributed by atoms with van der Waals surface area (Å²) in [5, 5.41) is 3.92. The van der Waals surface area contributed by atoms with Crippen LogP contribution in [0.5, 0.6) is 5.75 Å². The van der Waals surface area contributed by atoms with E-state index in [0.717, 1.165) is 17.9 Å². The van der Waals surface area contributed by atoms with Crippen LogP contribution in [0.25, 0.3) is 0 Å². The van der Waals surface area contributed by atoms with Gasteiger partial charge in [-0.05, 0) is 48.9 Å². The smallest absolute Gasteiger partial charge is 0.123 e. The summed E-state index contributed by atoms with van der Waals surface area (Å²) in [6.45, 7) is 3.35. The topological polar surface area (TPSA) is 21.3 Å². The van der Waals surface area contributed by atoms with Gasteiger partial charge in [0, 0.05) is 11.1 Å². The molecule has 112 valence electrons. The summed E-state index contributed by atoms with van der Waals surface area (Å²) in [5.41, 5.74) is 0.791. The van der Waals surface area contributed by atoms with Crippen molar-refractivity contribution in [1.29, 1.82) is 0 Å². The van der Waals surface area contributed by atoms with Crippen molar-refractivity contribution < 1.29 is 9.13 Å². The standard InChI is InChI=1S/C17H19ClFNO/c1-2-20-15(12-21-16-6-4-3-5-7-16)11-13-10-14(19)8-9-17(13)18/h3-10,15,20H,2,11-12H2,1H3. The Hall–Kier alpha value is -1.58. The van der Waals surface area contributed by atoms with E-state index >= 15 is 0 Å². The van der Waals surface area contributed by atoms with Crippen molar-refractivity contribution in [1.82, 2.24) is 5.32 Å². The first kappa shape index (κ1) is 15.8. The highest BCUT2D eigenvalue weighted by Gasteiger charge is 2.12. The summed E-state index contributed by atoms with van der Waals surface area (Å²) in [6, 6.07) is 14.2. The van der Waals surface area contributed by atoms with E-state index in [0.29, 0.717) is 18.1 Å². The molecule has 2 nitrogen and oxygen atoms in total. The minimum Gasteiger partial charge on any atom is -0.492 e. The fourth-order valence-electron chi connectivity index (χ4n) is 2.16. The van der Waals surface area contributed by atoms with E-state index in [4.69, 9.17) is 16.3 Å².